The van der Waals surface area contributed by atoms with Gasteiger partial charge in [-0.05, 0) is 37.8 Å². The number of nitrogens with one attached hydrogen (secondary N) is 2. The van der Waals surface area contributed by atoms with E-state index in [0.717, 1.165) is 18.5 Å². The molecule has 1 aromatic heterocycles. The minimum absolute atomic E-state index is 0.0794. The number of aliphatic hydroxyl groups excluding tert-OH is 1. The second-order valence-corrected chi connectivity index (χ2v) is 6.46. The van der Waals surface area contributed by atoms with Crippen LogP contribution in [0.2, 0.25) is 5.02 Å². The van der Waals surface area contributed by atoms with Crippen LogP contribution < -0.4 is 10.6 Å². The van der Waals surface area contributed by atoms with Crippen LogP contribution in [0.4, 0.5) is 10.5 Å². The van der Waals surface area contributed by atoms with E-state index in [2.05, 4.69) is 15.7 Å². The molecule has 2 aromatic rings. The highest BCUT2D eigenvalue weighted by Crippen LogP contribution is 2.39. The zero-order valence-corrected chi connectivity index (χ0v) is 13.5. The Morgan fingerprint density at radius 3 is 2.87 bits per heavy atom. The van der Waals surface area contributed by atoms with Gasteiger partial charge in [0.05, 0.1) is 40.9 Å². The van der Waals surface area contributed by atoms with Gasteiger partial charge in [0.1, 0.15) is 0 Å². The molecule has 1 unspecified atom stereocenters. The lowest BCUT2D eigenvalue weighted by Crippen LogP contribution is -2.52. The Kier molecular flexibility index (Phi) is 4.28. The Morgan fingerprint density at radius 2 is 2.22 bits per heavy atom. The molecule has 0 bridgehead atoms. The Hall–Kier alpha value is -2.05. The van der Waals surface area contributed by atoms with Gasteiger partial charge in [-0.3, -0.25) is 0 Å². The van der Waals surface area contributed by atoms with Crippen LogP contribution in [0.1, 0.15) is 19.8 Å². The summed E-state index contributed by atoms with van der Waals surface area (Å²) in [4.78, 5) is 12.1. The van der Waals surface area contributed by atoms with E-state index in [0.29, 0.717) is 16.6 Å². The zero-order valence-electron chi connectivity index (χ0n) is 12.8. The summed E-state index contributed by atoms with van der Waals surface area (Å²) >= 11 is 6.13. The Morgan fingerprint density at radius 1 is 1.48 bits per heavy atom. The van der Waals surface area contributed by atoms with E-state index < -0.39 is 5.54 Å². The molecule has 0 saturated heterocycles. The maximum absolute atomic E-state index is 12.1. The van der Waals surface area contributed by atoms with Gasteiger partial charge in [0.25, 0.3) is 0 Å². The van der Waals surface area contributed by atoms with Crippen molar-refractivity contribution in [2.75, 3.05) is 11.9 Å². The molecule has 1 aromatic carbocycles. The van der Waals surface area contributed by atoms with Crippen molar-refractivity contribution in [3.63, 3.8) is 0 Å². The molecule has 122 valence electrons. The summed E-state index contributed by atoms with van der Waals surface area (Å²) in [6.45, 7) is 1.78. The Bertz CT molecular complexity index is 714. The van der Waals surface area contributed by atoms with Crippen molar-refractivity contribution in [1.29, 1.82) is 0 Å². The number of aromatic nitrogens is 2. The number of halogens is 1. The first-order valence-corrected chi connectivity index (χ1v) is 7.89. The monoisotopic (exact) mass is 334 g/mol. The van der Waals surface area contributed by atoms with Crippen molar-refractivity contribution in [3.05, 3.63) is 41.7 Å². The molecule has 1 saturated carbocycles. The molecule has 0 radical (unpaired) electrons. The number of aliphatic hydroxyl groups is 1. The molecule has 1 aliphatic rings. The van der Waals surface area contributed by atoms with E-state index >= 15 is 0 Å². The number of urea groups is 1. The number of benzene rings is 1. The van der Waals surface area contributed by atoms with Crippen LogP contribution in [0.25, 0.3) is 5.69 Å². The number of anilines is 1. The van der Waals surface area contributed by atoms with Crippen LogP contribution in [-0.4, -0.2) is 33.1 Å². The lowest BCUT2D eigenvalue weighted by atomic mass is 9.97. The third-order valence-electron chi connectivity index (χ3n) is 4.15. The van der Waals surface area contributed by atoms with Gasteiger partial charge in [-0.2, -0.15) is 5.10 Å². The lowest BCUT2D eigenvalue weighted by Gasteiger charge is -2.28. The van der Waals surface area contributed by atoms with Crippen molar-refractivity contribution in [1.82, 2.24) is 15.1 Å². The molecule has 0 aliphatic heterocycles. The maximum Gasteiger partial charge on any atom is 0.319 e. The molecule has 6 nitrogen and oxygen atoms in total. The fraction of sp³-hybridized carbons (Fsp3) is 0.375. The number of nitrogens with zero attached hydrogens (tertiary/aromatic N) is 2. The van der Waals surface area contributed by atoms with Gasteiger partial charge in [0.2, 0.25) is 0 Å². The van der Waals surface area contributed by atoms with Crippen LogP contribution in [-0.2, 0) is 0 Å². The van der Waals surface area contributed by atoms with Crippen LogP contribution in [0, 0.1) is 5.92 Å². The predicted octanol–water partition coefficient (Wildman–Crippen LogP) is 2.81. The molecule has 1 atom stereocenters. The van der Waals surface area contributed by atoms with Gasteiger partial charge in [-0.15, -0.1) is 0 Å². The lowest BCUT2D eigenvalue weighted by molar-refractivity contribution is 0.159. The summed E-state index contributed by atoms with van der Waals surface area (Å²) in [5.74, 6) is 0.337. The number of amides is 2. The summed E-state index contributed by atoms with van der Waals surface area (Å²) in [7, 11) is 0. The topological polar surface area (TPSA) is 79.2 Å². The van der Waals surface area contributed by atoms with Crippen LogP contribution in [0.15, 0.2) is 36.7 Å². The summed E-state index contributed by atoms with van der Waals surface area (Å²) < 4.78 is 1.60. The molecule has 2 amide bonds. The standard InChI is InChI=1S/C16H19ClN4O2/c1-16(10-22,11-6-7-11)20-15(23)19-12-8-18-21(9-12)14-5-3-2-4-13(14)17/h2-5,8-9,11,22H,6-7,10H2,1H3,(H2,19,20,23). The third-order valence-corrected chi connectivity index (χ3v) is 4.47. The Labute approximate surface area is 139 Å². The minimum atomic E-state index is -0.581. The van der Waals surface area contributed by atoms with Gasteiger partial charge in [0, 0.05) is 0 Å². The van der Waals surface area contributed by atoms with E-state index in [1.165, 1.54) is 0 Å². The second-order valence-electron chi connectivity index (χ2n) is 6.05. The van der Waals surface area contributed by atoms with Crippen LogP contribution in [0.3, 0.4) is 0 Å². The number of para-hydroxylation sites is 1. The van der Waals surface area contributed by atoms with E-state index in [4.69, 9.17) is 11.6 Å². The van der Waals surface area contributed by atoms with Gasteiger partial charge in [0.15, 0.2) is 0 Å². The van der Waals surface area contributed by atoms with Crippen molar-refractivity contribution in [2.24, 2.45) is 5.92 Å². The molecular weight excluding hydrogens is 316 g/mol. The first kappa shape index (κ1) is 15.8. The second kappa shape index (κ2) is 6.22. The maximum atomic E-state index is 12.1. The summed E-state index contributed by atoms with van der Waals surface area (Å²) in [6.07, 6.45) is 5.30. The molecule has 0 spiro atoms. The number of rotatable bonds is 5. The molecule has 1 aliphatic carbocycles. The van der Waals surface area contributed by atoms with Gasteiger partial charge in [-0.25, -0.2) is 9.48 Å². The molecule has 1 heterocycles. The highest BCUT2D eigenvalue weighted by Gasteiger charge is 2.42. The number of hydrogen-bond donors (Lipinski definition) is 3. The summed E-state index contributed by atoms with van der Waals surface area (Å²) in [6, 6.07) is 6.98. The zero-order chi connectivity index (χ0) is 16.4. The van der Waals surface area contributed by atoms with E-state index in [-0.39, 0.29) is 12.6 Å². The summed E-state index contributed by atoms with van der Waals surface area (Å²) in [5.41, 5.74) is 0.710. The van der Waals surface area contributed by atoms with E-state index in [9.17, 15) is 9.90 Å². The fourth-order valence-corrected chi connectivity index (χ4v) is 2.79. The SMILES string of the molecule is CC(CO)(NC(=O)Nc1cnn(-c2ccccc2Cl)c1)C1CC1. The number of carbonyl (C=O) groups is 1. The minimum Gasteiger partial charge on any atom is -0.394 e. The molecule has 1 fully saturated rings. The average Bonchev–Trinajstić information content (AvgIpc) is 3.29. The molecule has 23 heavy (non-hydrogen) atoms. The quantitative estimate of drug-likeness (QED) is 0.786. The summed E-state index contributed by atoms with van der Waals surface area (Å²) in [5, 5.41) is 19.9. The van der Waals surface area contributed by atoms with E-state index in [1.54, 1.807) is 23.1 Å². The molecule has 3 N–H and O–H groups in total. The van der Waals surface area contributed by atoms with Crippen molar-refractivity contribution >= 4 is 23.3 Å². The van der Waals surface area contributed by atoms with E-state index in [1.807, 2.05) is 25.1 Å². The van der Waals surface area contributed by atoms with Gasteiger partial charge in [-0.1, -0.05) is 23.7 Å². The number of hydrogen-bond acceptors (Lipinski definition) is 3. The smallest absolute Gasteiger partial charge is 0.319 e. The molecule has 7 heteroatoms. The average molecular weight is 335 g/mol. The largest absolute Gasteiger partial charge is 0.394 e. The van der Waals surface area contributed by atoms with Crippen LogP contribution >= 0.6 is 11.6 Å². The van der Waals surface area contributed by atoms with Gasteiger partial charge >= 0.3 is 6.03 Å². The fourth-order valence-electron chi connectivity index (χ4n) is 2.57. The third kappa shape index (κ3) is 3.48. The Balaban J connectivity index is 1.67. The first-order valence-electron chi connectivity index (χ1n) is 7.51. The van der Waals surface area contributed by atoms with Crippen molar-refractivity contribution in [2.45, 2.75) is 25.3 Å². The van der Waals surface area contributed by atoms with Crippen molar-refractivity contribution in [3.8, 4) is 5.69 Å². The highest BCUT2D eigenvalue weighted by atomic mass is 35.5. The molecule has 3 rings (SSSR count). The van der Waals surface area contributed by atoms with Crippen LogP contribution in [0.5, 0.6) is 0 Å². The van der Waals surface area contributed by atoms with Gasteiger partial charge < -0.3 is 15.7 Å². The normalized spacial score (nSPS) is 16.7. The van der Waals surface area contributed by atoms with Crippen molar-refractivity contribution < 1.29 is 9.90 Å². The molecular formula is C16H19ClN4O2. The first-order chi connectivity index (χ1) is 11.0. The number of carbonyl (C=O) groups excluding carboxylic acids is 1. The predicted molar refractivity (Wildman–Crippen MR) is 88.9 cm³/mol. The highest BCUT2D eigenvalue weighted by molar-refractivity contribution is 6.32.